The number of nitrogens with two attached hydrogens (primary N) is 1. The minimum absolute atomic E-state index is 0.0418. The summed E-state index contributed by atoms with van der Waals surface area (Å²) in [7, 11) is -4.41. The molecule has 0 saturated heterocycles. The van der Waals surface area contributed by atoms with Crippen molar-refractivity contribution in [3.8, 4) is 0 Å². The lowest BCUT2D eigenvalue weighted by Crippen LogP contribution is -2.29. The molecular weight excluding hydrogens is 1220 g/mol. The predicted molar refractivity (Wildman–Crippen MR) is 421 cm³/mol. The molecule has 2 atom stereocenters. The molecule has 0 aliphatic rings. The van der Waals surface area contributed by atoms with Gasteiger partial charge in [0.2, 0.25) is 0 Å². The molecule has 9 nitrogen and oxygen atoms in total. The van der Waals surface area contributed by atoms with Crippen LogP contribution in [-0.4, -0.2) is 49.3 Å². The molecule has 0 aliphatic heterocycles. The number of rotatable bonds is 69. The maximum atomic E-state index is 12.8. The highest BCUT2D eigenvalue weighted by Crippen LogP contribution is 2.43. The zero-order valence-electron chi connectivity index (χ0n) is 61.2. The number of unbranched alkanes of at least 4 members (excludes halogenated alkanes) is 20. The van der Waals surface area contributed by atoms with Gasteiger partial charge in [0.05, 0.1) is 13.2 Å². The van der Waals surface area contributed by atoms with Crippen LogP contribution >= 0.6 is 7.82 Å². The summed E-state index contributed by atoms with van der Waals surface area (Å²) in [6.45, 7) is 3.49. The number of ether oxygens (including phenoxy) is 2. The van der Waals surface area contributed by atoms with E-state index >= 15 is 0 Å². The average Bonchev–Trinajstić information content (AvgIpc) is 2.88. The Morgan fingerprint density at radius 3 is 0.794 bits per heavy atom. The molecule has 0 fully saturated rings. The molecule has 0 bridgehead atoms. The smallest absolute Gasteiger partial charge is 0.462 e. The van der Waals surface area contributed by atoms with Crippen molar-refractivity contribution >= 4 is 19.8 Å². The fraction of sp³-hybridized carbons (Fsp3) is 0.563. The highest BCUT2D eigenvalue weighted by molar-refractivity contribution is 7.47. The van der Waals surface area contributed by atoms with Crippen molar-refractivity contribution in [1.29, 1.82) is 0 Å². The highest BCUT2D eigenvalue weighted by Gasteiger charge is 2.26. The standard InChI is InChI=1S/C87H138NO8P/c1-3-5-7-9-11-13-15-17-19-21-23-25-27-29-31-33-35-37-39-41-42-44-46-48-50-52-54-56-58-60-62-64-66-68-70-72-74-76-78-80-87(90)96-85(84-95-97(91,92)94-82-81-88)83-93-86(89)79-77-75-73-71-69-67-65-63-61-59-57-55-53-51-49-47-45-43-40-38-36-34-32-30-28-26-24-22-20-18-16-14-12-10-8-6-4-2/h5-8,11-14,17-20,23-26,29-32,35-38,41-43,45-46,48-49,51-52,54-55,57,85H,3-4,9-10,15-16,21-22,27-28,33-34,39-40,44,47,50,53,56,58-84,88H2,1-2H3,(H,91,92)/b7-5-,8-6-,13-11-,14-12-,19-17-,20-18-,25-23-,26-24-,31-29-,32-30-,37-35-,38-36-,42-41-,45-43-,48-46-,51-49-,54-52-,57-55-. The Hall–Kier alpha value is -5.67. The van der Waals surface area contributed by atoms with Crippen molar-refractivity contribution < 1.29 is 37.6 Å². The lowest BCUT2D eigenvalue weighted by Gasteiger charge is -2.19. The Morgan fingerprint density at radius 2 is 0.536 bits per heavy atom. The van der Waals surface area contributed by atoms with E-state index in [0.29, 0.717) is 12.8 Å². The molecule has 3 N–H and O–H groups in total. The summed E-state index contributed by atoms with van der Waals surface area (Å²) < 4.78 is 33.2. The first-order valence-corrected chi connectivity index (χ1v) is 39.7. The van der Waals surface area contributed by atoms with E-state index in [1.54, 1.807) is 0 Å². The van der Waals surface area contributed by atoms with E-state index in [2.05, 4.69) is 233 Å². The van der Waals surface area contributed by atoms with Crippen molar-refractivity contribution in [2.75, 3.05) is 26.4 Å². The van der Waals surface area contributed by atoms with Gasteiger partial charge in [-0.1, -0.05) is 335 Å². The summed E-state index contributed by atoms with van der Waals surface area (Å²) in [5.41, 5.74) is 5.41. The van der Waals surface area contributed by atoms with Crippen molar-refractivity contribution in [3.63, 3.8) is 0 Å². The van der Waals surface area contributed by atoms with Crippen LogP contribution in [0.25, 0.3) is 0 Å². The van der Waals surface area contributed by atoms with Gasteiger partial charge in [0.1, 0.15) is 6.61 Å². The SMILES string of the molecule is CC/C=C\C/C=C\C/C=C\C/C=C\C/C=C\C/C=C\C/C=C\C/C=C\C/C=C\CCCCCCCCCCCCCC(=O)OC(COC(=O)CCCCCCCCCCC/C=C\C/C=C\C/C=C\C/C=C\C/C=C\C/C=C\C/C=C\C/C=C\C/C=C\CC)COP(=O)(O)OCCN. The zero-order chi connectivity index (χ0) is 70.0. The molecule has 0 saturated carbocycles. The first-order chi connectivity index (χ1) is 47.8. The van der Waals surface area contributed by atoms with E-state index < -0.39 is 32.5 Å². The van der Waals surface area contributed by atoms with Crippen LogP contribution in [0.15, 0.2) is 219 Å². The number of carbonyl (C=O) groups is 2. The summed E-state index contributed by atoms with van der Waals surface area (Å²) in [5.74, 6) is -0.849. The largest absolute Gasteiger partial charge is 0.472 e. The Bertz CT molecular complexity index is 2400. The Balaban J connectivity index is 3.97. The Morgan fingerprint density at radius 1 is 0.309 bits per heavy atom. The summed E-state index contributed by atoms with van der Waals surface area (Å²) in [4.78, 5) is 35.4. The molecule has 0 aromatic heterocycles. The normalized spacial score (nSPS) is 14.1. The number of esters is 2. The van der Waals surface area contributed by atoms with Gasteiger partial charge in [-0.3, -0.25) is 18.6 Å². The quantitative estimate of drug-likeness (QED) is 0.0264. The summed E-state index contributed by atoms with van der Waals surface area (Å²) in [6.07, 6.45) is 123. The number of hydrogen-bond donors (Lipinski definition) is 2. The van der Waals surface area contributed by atoms with Gasteiger partial charge in [-0.25, -0.2) is 4.57 Å². The number of carbonyl (C=O) groups excluding carboxylic acids is 2. The van der Waals surface area contributed by atoms with Crippen LogP contribution in [0.4, 0.5) is 0 Å². The third kappa shape index (κ3) is 79.2. The third-order valence-electron chi connectivity index (χ3n) is 15.4. The molecule has 0 aromatic carbocycles. The van der Waals surface area contributed by atoms with Gasteiger partial charge in [0.25, 0.3) is 0 Å². The Labute approximate surface area is 594 Å². The molecular formula is C87H138NO8P. The maximum absolute atomic E-state index is 12.8. The third-order valence-corrected chi connectivity index (χ3v) is 16.3. The molecule has 0 amide bonds. The fourth-order valence-corrected chi connectivity index (χ4v) is 10.6. The van der Waals surface area contributed by atoms with Gasteiger partial charge in [-0.15, -0.1) is 0 Å². The van der Waals surface area contributed by atoms with Gasteiger partial charge in [0.15, 0.2) is 6.10 Å². The van der Waals surface area contributed by atoms with Crippen LogP contribution in [-0.2, 0) is 32.7 Å². The molecule has 0 rings (SSSR count). The van der Waals surface area contributed by atoms with Gasteiger partial charge in [0, 0.05) is 19.4 Å². The second kappa shape index (κ2) is 79.3. The van der Waals surface area contributed by atoms with Crippen LogP contribution in [0.2, 0.25) is 0 Å². The fourth-order valence-electron chi connectivity index (χ4n) is 9.80. The van der Waals surface area contributed by atoms with Gasteiger partial charge in [-0.05, 0) is 154 Å². The Kier molecular flexibility index (Phi) is 74.7. The van der Waals surface area contributed by atoms with Gasteiger partial charge >= 0.3 is 19.8 Å². The van der Waals surface area contributed by atoms with E-state index in [4.69, 9.17) is 24.3 Å². The lowest BCUT2D eigenvalue weighted by atomic mass is 10.0. The lowest BCUT2D eigenvalue weighted by molar-refractivity contribution is -0.161. The van der Waals surface area contributed by atoms with Crippen LogP contribution in [0, 0.1) is 0 Å². The summed E-state index contributed by atoms with van der Waals surface area (Å²) in [5, 5.41) is 0. The van der Waals surface area contributed by atoms with E-state index in [1.807, 2.05) is 0 Å². The van der Waals surface area contributed by atoms with Gasteiger partial charge < -0.3 is 20.1 Å². The summed E-state index contributed by atoms with van der Waals surface area (Å²) >= 11 is 0. The molecule has 0 aliphatic carbocycles. The van der Waals surface area contributed by atoms with E-state index in [-0.39, 0.29) is 32.6 Å². The molecule has 10 heteroatoms. The maximum Gasteiger partial charge on any atom is 0.472 e. The predicted octanol–water partition coefficient (Wildman–Crippen LogP) is 26.0. The van der Waals surface area contributed by atoms with Crippen LogP contribution in [0.3, 0.4) is 0 Å². The average molecular weight is 1360 g/mol. The monoisotopic (exact) mass is 1360 g/mol. The number of phosphoric acid groups is 1. The molecule has 0 heterocycles. The van der Waals surface area contributed by atoms with Crippen molar-refractivity contribution in [1.82, 2.24) is 0 Å². The van der Waals surface area contributed by atoms with Crippen LogP contribution in [0.1, 0.15) is 284 Å². The van der Waals surface area contributed by atoms with Gasteiger partial charge in [-0.2, -0.15) is 0 Å². The molecule has 0 spiro atoms. The van der Waals surface area contributed by atoms with E-state index in [1.165, 1.54) is 77.0 Å². The first kappa shape index (κ1) is 91.3. The number of phosphoric ester groups is 1. The second-order valence-corrected chi connectivity index (χ2v) is 25.9. The topological polar surface area (TPSA) is 134 Å². The van der Waals surface area contributed by atoms with Crippen molar-refractivity contribution in [3.05, 3.63) is 219 Å². The molecule has 2 unspecified atom stereocenters. The van der Waals surface area contributed by atoms with E-state index in [9.17, 15) is 19.0 Å². The second-order valence-electron chi connectivity index (χ2n) is 24.4. The minimum Gasteiger partial charge on any atom is -0.462 e. The van der Waals surface area contributed by atoms with Crippen LogP contribution < -0.4 is 5.73 Å². The minimum atomic E-state index is -4.41. The van der Waals surface area contributed by atoms with Crippen LogP contribution in [0.5, 0.6) is 0 Å². The number of hydrogen-bond acceptors (Lipinski definition) is 8. The highest BCUT2D eigenvalue weighted by atomic mass is 31.2. The summed E-state index contributed by atoms with van der Waals surface area (Å²) in [6, 6.07) is 0. The van der Waals surface area contributed by atoms with E-state index in [0.717, 1.165) is 167 Å². The first-order valence-electron chi connectivity index (χ1n) is 38.2. The molecule has 0 aromatic rings. The molecule has 544 valence electrons. The van der Waals surface area contributed by atoms with Crippen molar-refractivity contribution in [2.45, 2.75) is 290 Å². The number of allylic oxidation sites excluding steroid dienone is 36. The van der Waals surface area contributed by atoms with Crippen molar-refractivity contribution in [2.24, 2.45) is 5.73 Å². The molecule has 97 heavy (non-hydrogen) atoms. The molecule has 0 radical (unpaired) electrons. The zero-order valence-corrected chi connectivity index (χ0v) is 62.1.